The topological polar surface area (TPSA) is 55.9 Å². The Morgan fingerprint density at radius 3 is 2.25 bits per heavy atom. The fourth-order valence-electron chi connectivity index (χ4n) is 3.77. The Morgan fingerprint density at radius 1 is 1.00 bits per heavy atom. The summed E-state index contributed by atoms with van der Waals surface area (Å²) < 4.78 is 0. The van der Waals surface area contributed by atoms with Crippen molar-refractivity contribution in [3.05, 3.63) is 33.8 Å². The summed E-state index contributed by atoms with van der Waals surface area (Å²) in [7, 11) is 0. The Kier molecular flexibility index (Phi) is 7.57. The van der Waals surface area contributed by atoms with E-state index in [1.807, 2.05) is 4.90 Å². The summed E-state index contributed by atoms with van der Waals surface area (Å²) in [6.45, 7) is 9.44. The average Bonchev–Trinajstić information content (AvgIpc) is 3.22. The molecule has 0 aliphatic carbocycles. The van der Waals surface area contributed by atoms with Crippen LogP contribution in [0.25, 0.3) is 0 Å². The van der Waals surface area contributed by atoms with Crippen LogP contribution in [0.3, 0.4) is 0 Å². The second-order valence-corrected chi connectivity index (χ2v) is 8.30. The molecule has 8 heteroatoms. The number of benzene rings is 1. The molecule has 0 saturated carbocycles. The Balaban J connectivity index is 1.45. The van der Waals surface area contributed by atoms with E-state index in [2.05, 4.69) is 15.1 Å². The summed E-state index contributed by atoms with van der Waals surface area (Å²) in [6, 6.07) is 4.27. The van der Waals surface area contributed by atoms with Gasteiger partial charge in [-0.1, -0.05) is 29.3 Å². The zero-order valence-electron chi connectivity index (χ0n) is 16.3. The van der Waals surface area contributed by atoms with Crippen molar-refractivity contribution in [2.24, 2.45) is 0 Å². The number of rotatable bonds is 6. The molecule has 1 atom stereocenters. The Hall–Kier alpha value is -1.34. The standard InChI is InChI=1S/C20H28Cl2N4O2/c1-15(23-19(27)16-5-4-6-17(21)18(16)22)20(28)26-13-11-25(12-14-26)10-9-24-7-2-3-8-24/h4-6,15H,2-3,7-14H2,1H3,(H,23,27). The summed E-state index contributed by atoms with van der Waals surface area (Å²) in [5.74, 6) is -0.455. The lowest BCUT2D eigenvalue weighted by molar-refractivity contribution is -0.134. The molecule has 0 bridgehead atoms. The molecular weight excluding hydrogens is 399 g/mol. The number of nitrogens with zero attached hydrogens (tertiary/aromatic N) is 3. The van der Waals surface area contributed by atoms with Crippen molar-refractivity contribution in [3.63, 3.8) is 0 Å². The second-order valence-electron chi connectivity index (χ2n) is 7.51. The molecule has 2 saturated heterocycles. The molecule has 1 unspecified atom stereocenters. The Bertz CT molecular complexity index is 701. The lowest BCUT2D eigenvalue weighted by atomic mass is 10.2. The fourth-order valence-corrected chi connectivity index (χ4v) is 4.16. The number of hydrogen-bond donors (Lipinski definition) is 1. The lowest BCUT2D eigenvalue weighted by Gasteiger charge is -2.36. The minimum absolute atomic E-state index is 0.0642. The van der Waals surface area contributed by atoms with Crippen molar-refractivity contribution in [2.45, 2.75) is 25.8 Å². The van der Waals surface area contributed by atoms with Gasteiger partial charge in [-0.05, 0) is 45.0 Å². The highest BCUT2D eigenvalue weighted by Crippen LogP contribution is 2.25. The molecule has 1 aromatic carbocycles. The highest BCUT2D eigenvalue weighted by Gasteiger charge is 2.27. The van der Waals surface area contributed by atoms with Gasteiger partial charge in [0.25, 0.3) is 5.91 Å². The summed E-state index contributed by atoms with van der Waals surface area (Å²) in [6.07, 6.45) is 2.62. The molecule has 3 rings (SSSR count). The van der Waals surface area contributed by atoms with Crippen molar-refractivity contribution in [1.29, 1.82) is 0 Å². The molecule has 2 aliphatic heterocycles. The first-order chi connectivity index (χ1) is 13.5. The van der Waals surface area contributed by atoms with Crippen LogP contribution in [0.4, 0.5) is 0 Å². The van der Waals surface area contributed by atoms with Crippen LogP contribution in [0.1, 0.15) is 30.1 Å². The zero-order chi connectivity index (χ0) is 20.1. The van der Waals surface area contributed by atoms with Crippen LogP contribution < -0.4 is 5.32 Å². The summed E-state index contributed by atoms with van der Waals surface area (Å²) in [4.78, 5) is 31.9. The monoisotopic (exact) mass is 426 g/mol. The maximum absolute atomic E-state index is 12.7. The van der Waals surface area contributed by atoms with E-state index in [0.717, 1.165) is 26.2 Å². The molecule has 154 valence electrons. The van der Waals surface area contributed by atoms with Gasteiger partial charge >= 0.3 is 0 Å². The van der Waals surface area contributed by atoms with E-state index in [1.54, 1.807) is 25.1 Å². The third-order valence-electron chi connectivity index (χ3n) is 5.53. The van der Waals surface area contributed by atoms with E-state index in [9.17, 15) is 9.59 Å². The van der Waals surface area contributed by atoms with Crippen LogP contribution in [-0.2, 0) is 4.79 Å². The van der Waals surface area contributed by atoms with Gasteiger partial charge in [0.2, 0.25) is 5.91 Å². The molecular formula is C20H28Cl2N4O2. The first-order valence-electron chi connectivity index (χ1n) is 9.94. The van der Waals surface area contributed by atoms with Crippen molar-refractivity contribution in [3.8, 4) is 0 Å². The summed E-state index contributed by atoms with van der Waals surface area (Å²) in [5.41, 5.74) is 0.278. The molecule has 0 spiro atoms. The predicted molar refractivity (Wildman–Crippen MR) is 112 cm³/mol. The van der Waals surface area contributed by atoms with E-state index < -0.39 is 11.9 Å². The SMILES string of the molecule is CC(NC(=O)c1cccc(Cl)c1Cl)C(=O)N1CCN(CCN2CCCC2)CC1. The highest BCUT2D eigenvalue weighted by molar-refractivity contribution is 6.43. The average molecular weight is 427 g/mol. The van der Waals surface area contributed by atoms with Gasteiger partial charge in [0.15, 0.2) is 0 Å². The molecule has 0 radical (unpaired) electrons. The van der Waals surface area contributed by atoms with Crippen molar-refractivity contribution in [2.75, 3.05) is 52.4 Å². The van der Waals surface area contributed by atoms with Crippen LogP contribution in [0.5, 0.6) is 0 Å². The van der Waals surface area contributed by atoms with Crippen LogP contribution in [-0.4, -0.2) is 84.9 Å². The van der Waals surface area contributed by atoms with Crippen LogP contribution in [0.2, 0.25) is 10.0 Å². The number of nitrogens with one attached hydrogen (secondary N) is 1. The Labute approximate surface area is 176 Å². The molecule has 0 aromatic heterocycles. The van der Waals surface area contributed by atoms with Gasteiger partial charge in [-0.25, -0.2) is 0 Å². The van der Waals surface area contributed by atoms with E-state index in [0.29, 0.717) is 18.1 Å². The molecule has 2 heterocycles. The highest BCUT2D eigenvalue weighted by atomic mass is 35.5. The lowest BCUT2D eigenvalue weighted by Crippen LogP contribution is -2.54. The van der Waals surface area contributed by atoms with Gasteiger partial charge < -0.3 is 15.1 Å². The van der Waals surface area contributed by atoms with Gasteiger partial charge in [-0.15, -0.1) is 0 Å². The maximum atomic E-state index is 12.7. The van der Waals surface area contributed by atoms with Crippen LogP contribution >= 0.6 is 23.2 Å². The van der Waals surface area contributed by atoms with E-state index in [1.165, 1.54) is 25.9 Å². The number of piperazine rings is 1. The quantitative estimate of drug-likeness (QED) is 0.758. The Morgan fingerprint density at radius 2 is 1.61 bits per heavy atom. The number of carbonyl (C=O) groups is 2. The van der Waals surface area contributed by atoms with Crippen molar-refractivity contribution >= 4 is 35.0 Å². The summed E-state index contributed by atoms with van der Waals surface area (Å²) in [5, 5.41) is 3.26. The second kappa shape index (κ2) is 9.92. The molecule has 28 heavy (non-hydrogen) atoms. The van der Waals surface area contributed by atoms with Gasteiger partial charge in [0.1, 0.15) is 6.04 Å². The maximum Gasteiger partial charge on any atom is 0.253 e. The largest absolute Gasteiger partial charge is 0.340 e. The smallest absolute Gasteiger partial charge is 0.253 e. The predicted octanol–water partition coefficient (Wildman–Crippen LogP) is 2.35. The molecule has 1 N–H and O–H groups in total. The normalized spacial score (nSPS) is 19.6. The van der Waals surface area contributed by atoms with Crippen LogP contribution in [0.15, 0.2) is 18.2 Å². The third-order valence-corrected chi connectivity index (χ3v) is 6.35. The third kappa shape index (κ3) is 5.38. The molecule has 1 aromatic rings. The molecule has 2 fully saturated rings. The van der Waals surface area contributed by atoms with Gasteiger partial charge in [-0.3, -0.25) is 14.5 Å². The fraction of sp³-hybridized carbons (Fsp3) is 0.600. The molecule has 6 nitrogen and oxygen atoms in total. The number of likely N-dealkylation sites (tertiary alicyclic amines) is 1. The van der Waals surface area contributed by atoms with Gasteiger partial charge in [0.05, 0.1) is 15.6 Å². The van der Waals surface area contributed by atoms with Crippen molar-refractivity contribution in [1.82, 2.24) is 20.0 Å². The van der Waals surface area contributed by atoms with E-state index in [-0.39, 0.29) is 16.5 Å². The first-order valence-corrected chi connectivity index (χ1v) is 10.7. The number of amides is 2. The number of carbonyl (C=O) groups excluding carboxylic acids is 2. The zero-order valence-corrected chi connectivity index (χ0v) is 17.8. The van der Waals surface area contributed by atoms with E-state index in [4.69, 9.17) is 23.2 Å². The van der Waals surface area contributed by atoms with E-state index >= 15 is 0 Å². The van der Waals surface area contributed by atoms with Gasteiger partial charge in [-0.2, -0.15) is 0 Å². The van der Waals surface area contributed by atoms with Gasteiger partial charge in [0, 0.05) is 39.3 Å². The minimum Gasteiger partial charge on any atom is -0.340 e. The minimum atomic E-state index is -0.612. The molecule has 2 amide bonds. The van der Waals surface area contributed by atoms with Crippen molar-refractivity contribution < 1.29 is 9.59 Å². The summed E-state index contributed by atoms with van der Waals surface area (Å²) >= 11 is 12.1. The first kappa shape index (κ1) is 21.4. The van der Waals surface area contributed by atoms with Crippen LogP contribution in [0, 0.1) is 0 Å². The molecule has 2 aliphatic rings. The number of halogens is 2. The number of hydrogen-bond acceptors (Lipinski definition) is 4.